The molecule has 1 aromatic carbocycles. The van der Waals surface area contributed by atoms with E-state index in [0.29, 0.717) is 19.6 Å². The number of benzene rings is 1. The van der Waals surface area contributed by atoms with Gasteiger partial charge in [0.25, 0.3) is 0 Å². The summed E-state index contributed by atoms with van der Waals surface area (Å²) in [7, 11) is 1.32. The Morgan fingerprint density at radius 3 is 2.63 bits per heavy atom. The second kappa shape index (κ2) is 9.89. The molecule has 5 heteroatoms. The average molecular weight is 374 g/mol. The van der Waals surface area contributed by atoms with Gasteiger partial charge in [-0.1, -0.05) is 50.1 Å². The quantitative estimate of drug-likeness (QED) is 0.433. The van der Waals surface area contributed by atoms with E-state index in [9.17, 15) is 4.79 Å². The fraction of sp³-hybridized carbons (Fsp3) is 0.591. The van der Waals surface area contributed by atoms with Gasteiger partial charge < -0.3 is 18.9 Å². The number of rotatable bonds is 6. The Balaban J connectivity index is 1.94. The molecule has 27 heavy (non-hydrogen) atoms. The Bertz CT molecular complexity index is 658. The van der Waals surface area contributed by atoms with Crippen molar-refractivity contribution in [3.05, 3.63) is 35.9 Å². The van der Waals surface area contributed by atoms with Crippen molar-refractivity contribution in [2.24, 2.45) is 11.8 Å². The van der Waals surface area contributed by atoms with Gasteiger partial charge >= 0.3 is 5.97 Å². The van der Waals surface area contributed by atoms with Crippen molar-refractivity contribution in [3.63, 3.8) is 0 Å². The van der Waals surface area contributed by atoms with Gasteiger partial charge in [-0.05, 0) is 19.4 Å². The van der Waals surface area contributed by atoms with Crippen molar-refractivity contribution in [2.45, 2.75) is 58.7 Å². The van der Waals surface area contributed by atoms with Crippen LogP contribution < -0.4 is 0 Å². The lowest BCUT2D eigenvalue weighted by atomic mass is 9.86. The standard InChI is InChI=1S/C22H30O5/c1-16(14-25-15-18-10-7-6-8-11-18)21-17(2)19(26-22(3,4)27-21)12-9-13-20(23)24-5/h6-8,10-11,16-17,19,21H,12,14-15H2,1-5H3/t16-,17-,19+,21+/m1/s1. The first-order valence-corrected chi connectivity index (χ1v) is 9.36. The summed E-state index contributed by atoms with van der Waals surface area (Å²) in [6.45, 7) is 9.22. The maximum absolute atomic E-state index is 11.2. The smallest absolute Gasteiger partial charge is 0.384 e. The number of esters is 1. The lowest BCUT2D eigenvalue weighted by Gasteiger charge is -2.46. The number of carbonyl (C=O) groups is 1. The highest BCUT2D eigenvalue weighted by Gasteiger charge is 2.42. The first-order valence-electron chi connectivity index (χ1n) is 9.36. The Kier molecular flexibility index (Phi) is 7.85. The molecule has 0 bridgehead atoms. The van der Waals surface area contributed by atoms with Crippen LogP contribution in [-0.4, -0.2) is 37.7 Å². The molecule has 4 atom stereocenters. The molecule has 1 heterocycles. The van der Waals surface area contributed by atoms with Crippen LogP contribution in [0.3, 0.4) is 0 Å². The number of hydrogen-bond acceptors (Lipinski definition) is 5. The van der Waals surface area contributed by atoms with Gasteiger partial charge in [-0.15, -0.1) is 0 Å². The average Bonchev–Trinajstić information content (AvgIpc) is 2.64. The Morgan fingerprint density at radius 2 is 1.96 bits per heavy atom. The summed E-state index contributed by atoms with van der Waals surface area (Å²) in [4.78, 5) is 11.2. The topological polar surface area (TPSA) is 54.0 Å². The first kappa shape index (κ1) is 21.4. The van der Waals surface area contributed by atoms with Crippen LogP contribution in [0, 0.1) is 23.7 Å². The number of ether oxygens (including phenoxy) is 4. The van der Waals surface area contributed by atoms with E-state index in [0.717, 1.165) is 5.56 Å². The minimum atomic E-state index is -0.706. The van der Waals surface area contributed by atoms with Crippen LogP contribution in [0.4, 0.5) is 0 Å². The number of carbonyl (C=O) groups excluding carboxylic acids is 1. The zero-order valence-electron chi connectivity index (χ0n) is 16.9. The molecule has 1 aromatic rings. The molecule has 0 saturated carbocycles. The largest absolute Gasteiger partial charge is 0.459 e. The van der Waals surface area contributed by atoms with E-state index < -0.39 is 11.8 Å². The van der Waals surface area contributed by atoms with Gasteiger partial charge in [-0.2, -0.15) is 0 Å². The Morgan fingerprint density at radius 1 is 1.26 bits per heavy atom. The van der Waals surface area contributed by atoms with Gasteiger partial charge in [0.2, 0.25) is 0 Å². The zero-order chi connectivity index (χ0) is 19.9. The Labute approximate surface area is 162 Å². The van der Waals surface area contributed by atoms with Crippen LogP contribution in [0.2, 0.25) is 0 Å². The van der Waals surface area contributed by atoms with Crippen LogP contribution in [0.25, 0.3) is 0 Å². The molecule has 0 aliphatic carbocycles. The van der Waals surface area contributed by atoms with E-state index >= 15 is 0 Å². The van der Waals surface area contributed by atoms with E-state index in [2.05, 4.69) is 42.6 Å². The van der Waals surface area contributed by atoms with Crippen molar-refractivity contribution in [1.82, 2.24) is 0 Å². The first-order chi connectivity index (χ1) is 12.8. The van der Waals surface area contributed by atoms with E-state index in [1.807, 2.05) is 32.0 Å². The van der Waals surface area contributed by atoms with Gasteiger partial charge in [0.05, 0.1) is 32.5 Å². The van der Waals surface area contributed by atoms with Gasteiger partial charge in [0, 0.05) is 24.2 Å². The molecule has 0 aromatic heterocycles. The molecule has 1 aliphatic rings. The molecule has 1 fully saturated rings. The fourth-order valence-corrected chi connectivity index (χ4v) is 3.31. The summed E-state index contributed by atoms with van der Waals surface area (Å²) in [5.74, 6) is 4.41. The Hall–Kier alpha value is -1.87. The van der Waals surface area contributed by atoms with Crippen molar-refractivity contribution < 1.29 is 23.7 Å². The fourth-order valence-electron chi connectivity index (χ4n) is 3.31. The summed E-state index contributed by atoms with van der Waals surface area (Å²) in [5, 5.41) is 0. The van der Waals surface area contributed by atoms with Crippen LogP contribution in [-0.2, 0) is 30.3 Å². The highest BCUT2D eigenvalue weighted by Crippen LogP contribution is 2.35. The predicted molar refractivity (Wildman–Crippen MR) is 103 cm³/mol. The maximum atomic E-state index is 11.2. The SMILES string of the molecule is COC(=O)C#CC[C@@H]1OC(C)(C)O[C@@H]([C@H](C)COCc2ccccc2)[C@@H]1C. The van der Waals surface area contributed by atoms with Crippen LogP contribution in [0.1, 0.15) is 39.7 Å². The maximum Gasteiger partial charge on any atom is 0.384 e. The second-order valence-electron chi connectivity index (χ2n) is 7.47. The highest BCUT2D eigenvalue weighted by atomic mass is 16.7. The van der Waals surface area contributed by atoms with Gasteiger partial charge in [0.15, 0.2) is 5.79 Å². The minimum Gasteiger partial charge on any atom is -0.459 e. The molecule has 148 valence electrons. The van der Waals surface area contributed by atoms with Gasteiger partial charge in [-0.25, -0.2) is 4.79 Å². The third-order valence-corrected chi connectivity index (χ3v) is 4.69. The molecule has 0 N–H and O–H groups in total. The van der Waals surface area contributed by atoms with Crippen LogP contribution in [0.15, 0.2) is 30.3 Å². The number of methoxy groups -OCH3 is 1. The van der Waals surface area contributed by atoms with Crippen molar-refractivity contribution in [3.8, 4) is 11.8 Å². The third kappa shape index (κ3) is 6.66. The van der Waals surface area contributed by atoms with Crippen molar-refractivity contribution in [1.29, 1.82) is 0 Å². The summed E-state index contributed by atoms with van der Waals surface area (Å²) in [6, 6.07) is 10.1. The van der Waals surface area contributed by atoms with Gasteiger partial charge in [-0.3, -0.25) is 0 Å². The molecule has 0 amide bonds. The van der Waals surface area contributed by atoms with E-state index in [4.69, 9.17) is 14.2 Å². The molecule has 0 unspecified atom stereocenters. The van der Waals surface area contributed by atoms with E-state index in [1.54, 1.807) is 0 Å². The van der Waals surface area contributed by atoms with E-state index in [-0.39, 0.29) is 24.0 Å². The van der Waals surface area contributed by atoms with Crippen molar-refractivity contribution in [2.75, 3.05) is 13.7 Å². The summed E-state index contributed by atoms with van der Waals surface area (Å²) in [5.41, 5.74) is 1.15. The number of hydrogen-bond donors (Lipinski definition) is 0. The minimum absolute atomic E-state index is 0.0190. The summed E-state index contributed by atoms with van der Waals surface area (Å²) in [6.07, 6.45) is 0.318. The highest BCUT2D eigenvalue weighted by molar-refractivity contribution is 5.88. The van der Waals surface area contributed by atoms with E-state index in [1.165, 1.54) is 7.11 Å². The zero-order valence-corrected chi connectivity index (χ0v) is 16.9. The summed E-state index contributed by atoms with van der Waals surface area (Å²) >= 11 is 0. The molecule has 0 radical (unpaired) electrons. The second-order valence-corrected chi connectivity index (χ2v) is 7.47. The molecule has 1 aliphatic heterocycles. The predicted octanol–water partition coefficient (Wildman–Crippen LogP) is 3.56. The monoisotopic (exact) mass is 374 g/mol. The lowest BCUT2D eigenvalue weighted by molar-refractivity contribution is -0.327. The molecular weight excluding hydrogens is 344 g/mol. The molecular formula is C22H30O5. The molecule has 0 spiro atoms. The lowest BCUT2D eigenvalue weighted by Crippen LogP contribution is -2.52. The molecule has 1 saturated heterocycles. The van der Waals surface area contributed by atoms with Crippen LogP contribution in [0.5, 0.6) is 0 Å². The van der Waals surface area contributed by atoms with Crippen LogP contribution >= 0.6 is 0 Å². The summed E-state index contributed by atoms with van der Waals surface area (Å²) < 4.78 is 22.7. The van der Waals surface area contributed by atoms with Gasteiger partial charge in [0.1, 0.15) is 0 Å². The molecule has 2 rings (SSSR count). The molecule has 5 nitrogen and oxygen atoms in total. The third-order valence-electron chi connectivity index (χ3n) is 4.69. The normalized spacial score (nSPS) is 25.1. The van der Waals surface area contributed by atoms with Crippen molar-refractivity contribution >= 4 is 5.97 Å².